The summed E-state index contributed by atoms with van der Waals surface area (Å²) in [5.74, 6) is 0.445. The Bertz CT molecular complexity index is 382. The van der Waals surface area contributed by atoms with E-state index in [4.69, 9.17) is 4.74 Å². The molecule has 0 aromatic heterocycles. The van der Waals surface area contributed by atoms with Gasteiger partial charge in [0.25, 0.3) is 0 Å². The van der Waals surface area contributed by atoms with Crippen molar-refractivity contribution in [1.82, 2.24) is 4.90 Å². The molecule has 1 amide bonds. The Kier molecular flexibility index (Phi) is 6.66. The van der Waals surface area contributed by atoms with E-state index in [0.29, 0.717) is 31.9 Å². The molecule has 6 nitrogen and oxygen atoms in total. The van der Waals surface area contributed by atoms with Crippen LogP contribution >= 0.6 is 0 Å². The molecule has 1 N–H and O–H groups in total. The van der Waals surface area contributed by atoms with Crippen LogP contribution < -0.4 is 0 Å². The maximum absolute atomic E-state index is 12.0. The summed E-state index contributed by atoms with van der Waals surface area (Å²) in [5, 5.41) is 9.68. The maximum Gasteiger partial charge on any atom is 0.410 e. The van der Waals surface area contributed by atoms with Gasteiger partial charge in [0.1, 0.15) is 12.2 Å². The highest BCUT2D eigenvalue weighted by Gasteiger charge is 2.36. The Morgan fingerprint density at radius 2 is 2.00 bits per heavy atom. The molecule has 2 heterocycles. The molecule has 0 saturated carbocycles. The molecular weight excluding hydrogens is 286 g/mol. The summed E-state index contributed by atoms with van der Waals surface area (Å²) < 4.78 is 9.65. The zero-order valence-electron chi connectivity index (χ0n) is 14.3. The fourth-order valence-electron chi connectivity index (χ4n) is 2.39. The van der Waals surface area contributed by atoms with E-state index in [-0.39, 0.29) is 18.1 Å². The van der Waals surface area contributed by atoms with Gasteiger partial charge in [0.15, 0.2) is 0 Å². The number of amides is 1. The Labute approximate surface area is 132 Å². The molecule has 0 aromatic rings. The molecule has 2 aliphatic heterocycles. The smallest absolute Gasteiger partial charge is 0.410 e. The second-order valence-corrected chi connectivity index (χ2v) is 7.28. The van der Waals surface area contributed by atoms with E-state index in [2.05, 4.69) is 18.6 Å². The minimum absolute atomic E-state index is 0.0648. The first-order valence-corrected chi connectivity index (χ1v) is 7.92. The highest BCUT2D eigenvalue weighted by Crippen LogP contribution is 2.25. The minimum Gasteiger partial charge on any atom is -0.465 e. The highest BCUT2D eigenvalue weighted by molar-refractivity contribution is 5.73. The van der Waals surface area contributed by atoms with Crippen molar-refractivity contribution in [3.8, 4) is 0 Å². The lowest BCUT2D eigenvalue weighted by molar-refractivity contribution is -0.157. The number of hydrogen-bond acceptors (Lipinski definition) is 5. The first kappa shape index (κ1) is 18.7. The van der Waals surface area contributed by atoms with Crippen molar-refractivity contribution in [2.75, 3.05) is 13.2 Å². The number of nitrogens with zero attached hydrogens (tertiary/aromatic N) is 1. The number of carbonyl (C=O) groups is 2. The number of aliphatic hydroxyl groups excluding tert-OH is 1. The summed E-state index contributed by atoms with van der Waals surface area (Å²) in [4.78, 5) is 23.3. The molecule has 2 saturated heterocycles. The van der Waals surface area contributed by atoms with Gasteiger partial charge in [-0.15, -0.1) is 0 Å². The van der Waals surface area contributed by atoms with Crippen molar-refractivity contribution in [3.63, 3.8) is 0 Å². The van der Waals surface area contributed by atoms with Gasteiger partial charge >= 0.3 is 12.1 Å². The average Bonchev–Trinajstić information content (AvgIpc) is 2.65. The van der Waals surface area contributed by atoms with Crippen LogP contribution in [0.1, 0.15) is 53.9 Å². The van der Waals surface area contributed by atoms with Gasteiger partial charge in [-0.2, -0.15) is 0 Å². The predicted molar refractivity (Wildman–Crippen MR) is 82.4 cm³/mol. The molecule has 22 heavy (non-hydrogen) atoms. The Balaban J connectivity index is 0.000000406. The van der Waals surface area contributed by atoms with E-state index in [1.807, 2.05) is 20.8 Å². The van der Waals surface area contributed by atoms with Gasteiger partial charge in [-0.3, -0.25) is 4.79 Å². The third kappa shape index (κ3) is 6.64. The zero-order chi connectivity index (χ0) is 16.9. The van der Waals surface area contributed by atoms with Crippen LogP contribution in [0.4, 0.5) is 4.79 Å². The molecule has 6 heteroatoms. The summed E-state index contributed by atoms with van der Waals surface area (Å²) in [6, 6.07) is 0.111. The normalized spacial score (nSPS) is 24.3. The van der Waals surface area contributed by atoms with E-state index >= 15 is 0 Å². The monoisotopic (exact) mass is 315 g/mol. The van der Waals surface area contributed by atoms with Crippen molar-refractivity contribution in [2.45, 2.75) is 71.6 Å². The fraction of sp³-hybridized carbons (Fsp3) is 0.875. The standard InChI is InChI=1S/C13H25NO3.C3H4O2/c1-9(2)6-10-7-11(15)8-14(10)12(16)17-13(3,4)5;4-3-1-2-5-3/h9-11,15H,6-8H2,1-5H3;1-2H2/t10-,11-;/m1./s1. The Morgan fingerprint density at radius 3 is 2.36 bits per heavy atom. The molecule has 128 valence electrons. The van der Waals surface area contributed by atoms with E-state index in [1.165, 1.54) is 0 Å². The molecule has 0 spiro atoms. The summed E-state index contributed by atoms with van der Waals surface area (Å²) in [7, 11) is 0. The molecule has 2 atom stereocenters. The third-order valence-corrected chi connectivity index (χ3v) is 3.33. The van der Waals surface area contributed by atoms with E-state index in [9.17, 15) is 14.7 Å². The second-order valence-electron chi connectivity index (χ2n) is 7.28. The van der Waals surface area contributed by atoms with Crippen molar-refractivity contribution < 1.29 is 24.2 Å². The molecule has 0 radical (unpaired) electrons. The number of hydrogen-bond donors (Lipinski definition) is 1. The van der Waals surface area contributed by atoms with Crippen LogP contribution in [0.25, 0.3) is 0 Å². The van der Waals surface area contributed by atoms with E-state index < -0.39 is 11.7 Å². The minimum atomic E-state index is -0.479. The number of esters is 1. The Morgan fingerprint density at radius 1 is 1.45 bits per heavy atom. The third-order valence-electron chi connectivity index (χ3n) is 3.33. The molecule has 2 aliphatic rings. The van der Waals surface area contributed by atoms with Crippen LogP contribution in [-0.2, 0) is 14.3 Å². The molecule has 2 fully saturated rings. The van der Waals surface area contributed by atoms with Gasteiger partial charge in [0, 0.05) is 6.04 Å². The molecule has 0 aliphatic carbocycles. The fourth-order valence-corrected chi connectivity index (χ4v) is 2.39. The van der Waals surface area contributed by atoms with Crippen molar-refractivity contribution >= 4 is 12.1 Å². The predicted octanol–water partition coefficient (Wildman–Crippen LogP) is 2.34. The number of rotatable bonds is 2. The zero-order valence-corrected chi connectivity index (χ0v) is 14.3. The summed E-state index contributed by atoms with van der Waals surface area (Å²) in [5.41, 5.74) is -0.479. The number of aliphatic hydroxyl groups is 1. The highest BCUT2D eigenvalue weighted by atomic mass is 16.6. The second kappa shape index (κ2) is 7.81. The number of likely N-dealkylation sites (tertiary alicyclic amines) is 1. The van der Waals surface area contributed by atoms with Gasteiger partial charge in [-0.1, -0.05) is 13.8 Å². The lowest BCUT2D eigenvalue weighted by Gasteiger charge is -2.29. The van der Waals surface area contributed by atoms with Crippen molar-refractivity contribution in [1.29, 1.82) is 0 Å². The van der Waals surface area contributed by atoms with Crippen LogP contribution in [-0.4, -0.2) is 53.0 Å². The van der Waals surface area contributed by atoms with Crippen LogP contribution in [0.15, 0.2) is 0 Å². The topological polar surface area (TPSA) is 76.1 Å². The van der Waals surface area contributed by atoms with Crippen molar-refractivity contribution in [3.05, 3.63) is 0 Å². The number of ether oxygens (including phenoxy) is 2. The summed E-state index contributed by atoms with van der Waals surface area (Å²) in [6.07, 6.45) is 1.49. The van der Waals surface area contributed by atoms with Gasteiger partial charge < -0.3 is 19.5 Å². The summed E-state index contributed by atoms with van der Waals surface area (Å²) >= 11 is 0. The van der Waals surface area contributed by atoms with E-state index in [0.717, 1.165) is 6.42 Å². The van der Waals surface area contributed by atoms with Crippen LogP contribution in [0, 0.1) is 5.92 Å². The first-order chi connectivity index (χ1) is 10.1. The first-order valence-electron chi connectivity index (χ1n) is 7.92. The molecule has 2 rings (SSSR count). The quantitative estimate of drug-likeness (QED) is 0.792. The number of cyclic esters (lactones) is 1. The molecule has 0 unspecified atom stereocenters. The van der Waals surface area contributed by atoms with Gasteiger partial charge in [0.2, 0.25) is 0 Å². The van der Waals surface area contributed by atoms with Crippen molar-refractivity contribution in [2.24, 2.45) is 5.92 Å². The molecule has 0 aromatic carbocycles. The van der Waals surface area contributed by atoms with Crippen LogP contribution in [0.3, 0.4) is 0 Å². The van der Waals surface area contributed by atoms with Gasteiger partial charge in [-0.25, -0.2) is 4.79 Å². The van der Waals surface area contributed by atoms with E-state index in [1.54, 1.807) is 4.90 Å². The lowest BCUT2D eigenvalue weighted by Crippen LogP contribution is -2.40. The SMILES string of the molecule is CC(C)C[C@@H]1C[C@@H](O)CN1C(=O)OC(C)(C)C.O=C1CCO1. The largest absolute Gasteiger partial charge is 0.465 e. The molecular formula is C16H29NO5. The van der Waals surface area contributed by atoms with Gasteiger partial charge in [0.05, 0.1) is 19.1 Å². The van der Waals surface area contributed by atoms with Crippen LogP contribution in [0.2, 0.25) is 0 Å². The maximum atomic E-state index is 12.0. The molecule has 0 bridgehead atoms. The number of carbonyl (C=O) groups excluding carboxylic acids is 2. The van der Waals surface area contributed by atoms with Crippen LogP contribution in [0.5, 0.6) is 0 Å². The summed E-state index contributed by atoms with van der Waals surface area (Å²) in [6.45, 7) is 10.8. The van der Waals surface area contributed by atoms with Gasteiger partial charge in [-0.05, 0) is 39.5 Å². The average molecular weight is 315 g/mol. The number of β-amino-alcohol motifs (C(OH)–C–C–N with tert-alkyl or cyclic N) is 1. The Hall–Kier alpha value is -1.30. The lowest BCUT2D eigenvalue weighted by atomic mass is 10.0.